The molecule has 1 saturated heterocycles. The molecule has 0 bridgehead atoms. The van der Waals surface area contributed by atoms with E-state index in [0.29, 0.717) is 24.5 Å². The second-order valence-corrected chi connectivity index (χ2v) is 10.1. The number of aryl methyl sites for hydroxylation is 1. The summed E-state index contributed by atoms with van der Waals surface area (Å²) in [7, 11) is 1.69. The first-order valence-corrected chi connectivity index (χ1v) is 12.9. The van der Waals surface area contributed by atoms with Crippen molar-refractivity contribution in [2.24, 2.45) is 18.9 Å². The van der Waals surface area contributed by atoms with Crippen LogP contribution in [0.15, 0.2) is 53.3 Å². The van der Waals surface area contributed by atoms with Gasteiger partial charge in [-0.2, -0.15) is 0 Å². The molecule has 2 aliphatic rings. The van der Waals surface area contributed by atoms with E-state index in [2.05, 4.69) is 10.6 Å². The molecule has 3 aromatic rings. The van der Waals surface area contributed by atoms with E-state index in [1.54, 1.807) is 7.05 Å². The van der Waals surface area contributed by atoms with Crippen LogP contribution < -0.4 is 16.3 Å². The number of rotatable bonds is 7. The maximum Gasteiger partial charge on any atom is 0.329 e. The number of piperidine rings is 1. The van der Waals surface area contributed by atoms with Crippen LogP contribution >= 0.6 is 0 Å². The predicted octanol–water partition coefficient (Wildman–Crippen LogP) is 3.28. The summed E-state index contributed by atoms with van der Waals surface area (Å²) in [5, 5.41) is 5.82. The van der Waals surface area contributed by atoms with Crippen LogP contribution in [0, 0.1) is 11.8 Å². The molecule has 1 unspecified atom stereocenters. The Labute approximate surface area is 214 Å². The van der Waals surface area contributed by atoms with Gasteiger partial charge in [-0.25, -0.2) is 4.79 Å². The van der Waals surface area contributed by atoms with Gasteiger partial charge in [0.15, 0.2) is 0 Å². The molecule has 5 rings (SSSR count). The number of ether oxygens (including phenoxy) is 1. The predicted molar refractivity (Wildman–Crippen MR) is 139 cm³/mol. The lowest BCUT2D eigenvalue weighted by Gasteiger charge is -2.27. The number of imidazole rings is 1. The van der Waals surface area contributed by atoms with E-state index < -0.39 is 11.9 Å². The van der Waals surface area contributed by atoms with Crippen LogP contribution in [-0.2, 0) is 32.8 Å². The number of anilines is 1. The number of nitrogens with zero attached hydrogens (tertiary/aromatic N) is 2. The highest BCUT2D eigenvalue weighted by Gasteiger charge is 2.31. The van der Waals surface area contributed by atoms with Gasteiger partial charge < -0.3 is 10.1 Å². The number of aromatic nitrogens is 2. The number of nitrogens with one attached hydrogen (secondary N) is 2. The van der Waals surface area contributed by atoms with Gasteiger partial charge in [-0.1, -0.05) is 30.3 Å². The molecule has 2 aromatic carbocycles. The first-order chi connectivity index (χ1) is 17.9. The highest BCUT2D eigenvalue weighted by atomic mass is 16.5. The molecule has 37 heavy (non-hydrogen) atoms. The van der Waals surface area contributed by atoms with Crippen LogP contribution in [0.4, 0.5) is 5.69 Å². The van der Waals surface area contributed by atoms with E-state index >= 15 is 0 Å². The Hall–Kier alpha value is -3.88. The Morgan fingerprint density at radius 2 is 1.76 bits per heavy atom. The lowest BCUT2D eigenvalue weighted by atomic mass is 9.82. The summed E-state index contributed by atoms with van der Waals surface area (Å²) in [6.07, 6.45) is 4.07. The second-order valence-electron chi connectivity index (χ2n) is 10.1. The molecule has 0 spiro atoms. The van der Waals surface area contributed by atoms with Gasteiger partial charge in [0.2, 0.25) is 11.8 Å². The molecule has 2 N–H and O–H groups in total. The average molecular weight is 505 g/mol. The normalized spacial score (nSPS) is 22.0. The highest BCUT2D eigenvalue weighted by Crippen LogP contribution is 2.31. The molecule has 2 heterocycles. The molecule has 1 saturated carbocycles. The maximum atomic E-state index is 12.9. The van der Waals surface area contributed by atoms with Crippen molar-refractivity contribution < 1.29 is 19.1 Å². The lowest BCUT2D eigenvalue weighted by molar-refractivity contribution is -0.151. The zero-order valence-electron chi connectivity index (χ0n) is 20.9. The van der Waals surface area contributed by atoms with Crippen molar-refractivity contribution >= 4 is 34.5 Å². The van der Waals surface area contributed by atoms with Crippen LogP contribution in [0.3, 0.4) is 0 Å². The standard InChI is InChI=1S/C28H32N4O5/c1-31-24-15-21(11-12-22(24)32(28(31)36)23-13-14-25(33)30-26(23)34)29-16-18-7-9-20(10-8-18)27(35)37-17-19-5-3-2-4-6-19/h2-6,11-12,15,18,20,23,29H,7-10,13-14,16-17H2,1H3,(H,30,33,34). The van der Waals surface area contributed by atoms with Crippen LogP contribution in [0.5, 0.6) is 0 Å². The topological polar surface area (TPSA) is 111 Å². The van der Waals surface area contributed by atoms with Gasteiger partial charge in [0.25, 0.3) is 0 Å². The Morgan fingerprint density at radius 1 is 1.00 bits per heavy atom. The third-order valence-corrected chi connectivity index (χ3v) is 7.61. The van der Waals surface area contributed by atoms with Crippen molar-refractivity contribution in [2.75, 3.05) is 11.9 Å². The molecule has 9 nitrogen and oxygen atoms in total. The first-order valence-electron chi connectivity index (χ1n) is 12.9. The Bertz CT molecular complexity index is 1370. The average Bonchev–Trinajstić information content (AvgIpc) is 3.16. The van der Waals surface area contributed by atoms with Gasteiger partial charge in [0.05, 0.1) is 17.0 Å². The summed E-state index contributed by atoms with van der Waals surface area (Å²) < 4.78 is 8.55. The van der Waals surface area contributed by atoms with E-state index in [1.807, 2.05) is 48.5 Å². The van der Waals surface area contributed by atoms with Crippen LogP contribution in [0.2, 0.25) is 0 Å². The molecule has 9 heteroatoms. The largest absolute Gasteiger partial charge is 0.461 e. The molecule has 1 atom stereocenters. The highest BCUT2D eigenvalue weighted by molar-refractivity contribution is 6.00. The van der Waals surface area contributed by atoms with Gasteiger partial charge in [-0.3, -0.25) is 28.8 Å². The van der Waals surface area contributed by atoms with Crippen molar-refractivity contribution in [2.45, 2.75) is 51.2 Å². The van der Waals surface area contributed by atoms with Crippen LogP contribution in [0.25, 0.3) is 11.0 Å². The molecule has 1 aromatic heterocycles. The molecule has 0 radical (unpaired) electrons. The molecule has 2 fully saturated rings. The number of fused-ring (bicyclic) bond motifs is 1. The number of amides is 2. The van der Waals surface area contributed by atoms with E-state index in [4.69, 9.17) is 4.74 Å². The van der Waals surface area contributed by atoms with E-state index in [9.17, 15) is 19.2 Å². The van der Waals surface area contributed by atoms with Gasteiger partial charge in [0.1, 0.15) is 12.6 Å². The number of benzene rings is 2. The second kappa shape index (κ2) is 10.6. The SMILES string of the molecule is Cn1c(=O)n(C2CCC(=O)NC2=O)c2ccc(NCC3CCC(C(=O)OCc4ccccc4)CC3)cc21. The Morgan fingerprint density at radius 3 is 2.49 bits per heavy atom. The molecule has 2 amide bonds. The maximum absolute atomic E-state index is 12.9. The van der Waals surface area contributed by atoms with Crippen molar-refractivity contribution in [3.8, 4) is 0 Å². The summed E-state index contributed by atoms with van der Waals surface area (Å²) in [6.45, 7) is 1.09. The fraction of sp³-hybridized carbons (Fsp3) is 0.429. The molecule has 1 aliphatic heterocycles. The fourth-order valence-electron chi connectivity index (χ4n) is 5.41. The van der Waals surface area contributed by atoms with Crippen LogP contribution in [-0.4, -0.2) is 33.5 Å². The molecule has 194 valence electrons. The van der Waals surface area contributed by atoms with E-state index in [0.717, 1.165) is 49.0 Å². The number of imide groups is 1. The van der Waals surface area contributed by atoms with Gasteiger partial charge in [-0.15, -0.1) is 0 Å². The van der Waals surface area contributed by atoms with Crippen molar-refractivity contribution in [3.05, 3.63) is 64.6 Å². The smallest absolute Gasteiger partial charge is 0.329 e. The Balaban J connectivity index is 1.17. The third kappa shape index (κ3) is 5.30. The van der Waals surface area contributed by atoms with Crippen molar-refractivity contribution in [1.82, 2.24) is 14.5 Å². The number of esters is 1. The number of carbonyl (C=O) groups excluding carboxylic acids is 3. The fourth-order valence-corrected chi connectivity index (χ4v) is 5.41. The number of hydrogen-bond acceptors (Lipinski definition) is 6. The summed E-state index contributed by atoms with van der Waals surface area (Å²) in [6, 6.07) is 14.7. The summed E-state index contributed by atoms with van der Waals surface area (Å²) >= 11 is 0. The zero-order chi connectivity index (χ0) is 25.9. The minimum Gasteiger partial charge on any atom is -0.461 e. The summed E-state index contributed by atoms with van der Waals surface area (Å²) in [4.78, 5) is 49.3. The monoisotopic (exact) mass is 504 g/mol. The van der Waals surface area contributed by atoms with Gasteiger partial charge in [-0.05, 0) is 61.8 Å². The zero-order valence-corrected chi connectivity index (χ0v) is 20.9. The minimum absolute atomic E-state index is 0.0436. The molecular formula is C28H32N4O5. The van der Waals surface area contributed by atoms with E-state index in [-0.39, 0.29) is 29.9 Å². The number of hydrogen-bond donors (Lipinski definition) is 2. The van der Waals surface area contributed by atoms with Gasteiger partial charge in [0, 0.05) is 25.7 Å². The first kappa shape index (κ1) is 24.8. The van der Waals surface area contributed by atoms with Crippen LogP contribution in [0.1, 0.15) is 50.1 Å². The quantitative estimate of drug-likeness (QED) is 0.377. The third-order valence-electron chi connectivity index (χ3n) is 7.61. The molecular weight excluding hydrogens is 472 g/mol. The Kier molecular flexibility index (Phi) is 7.12. The van der Waals surface area contributed by atoms with E-state index in [1.165, 1.54) is 9.13 Å². The summed E-state index contributed by atoms with van der Waals surface area (Å²) in [5.41, 5.74) is 3.01. The molecule has 1 aliphatic carbocycles. The minimum atomic E-state index is -0.692. The number of carbonyl (C=O) groups is 3. The van der Waals surface area contributed by atoms with Crippen molar-refractivity contribution in [1.29, 1.82) is 0 Å². The van der Waals surface area contributed by atoms with Gasteiger partial charge >= 0.3 is 11.7 Å². The summed E-state index contributed by atoms with van der Waals surface area (Å²) in [5.74, 6) is -0.447. The van der Waals surface area contributed by atoms with Crippen molar-refractivity contribution in [3.63, 3.8) is 0 Å². The lowest BCUT2D eigenvalue weighted by Crippen LogP contribution is -2.44.